The van der Waals surface area contributed by atoms with Crippen LogP contribution in [0.5, 0.6) is 5.75 Å². The first-order chi connectivity index (χ1) is 8.43. The number of carbonyl (C=O) groups excluding carboxylic acids is 1. The van der Waals surface area contributed by atoms with Gasteiger partial charge in [-0.15, -0.1) is 0 Å². The monoisotopic (exact) mass is 250 g/mol. The van der Waals surface area contributed by atoms with Crippen molar-refractivity contribution in [1.29, 1.82) is 0 Å². The SMILES string of the molecule is COc1ccc(C)cc1C(=O)CC(C)CC(=O)O. The molecule has 18 heavy (non-hydrogen) atoms. The van der Waals surface area contributed by atoms with Gasteiger partial charge in [0.15, 0.2) is 5.78 Å². The molecule has 0 heterocycles. The normalized spacial score (nSPS) is 11.9. The molecule has 0 aliphatic heterocycles. The quantitative estimate of drug-likeness (QED) is 0.788. The minimum Gasteiger partial charge on any atom is -0.496 e. The lowest BCUT2D eigenvalue weighted by molar-refractivity contribution is -0.137. The molecule has 1 aromatic rings. The number of carboxylic acid groups (broad SMARTS) is 1. The summed E-state index contributed by atoms with van der Waals surface area (Å²) in [5.74, 6) is -0.607. The first kappa shape index (κ1) is 14.2. The molecule has 0 fully saturated rings. The smallest absolute Gasteiger partial charge is 0.303 e. The lowest BCUT2D eigenvalue weighted by atomic mass is 9.96. The Labute approximate surface area is 107 Å². The lowest BCUT2D eigenvalue weighted by Gasteiger charge is -2.11. The number of hydrogen-bond donors (Lipinski definition) is 1. The van der Waals surface area contributed by atoms with Gasteiger partial charge in [0.25, 0.3) is 0 Å². The van der Waals surface area contributed by atoms with Crippen molar-refractivity contribution in [1.82, 2.24) is 0 Å². The predicted octanol–water partition coefficient (Wildman–Crippen LogP) is 2.69. The second-order valence-electron chi connectivity index (χ2n) is 4.53. The van der Waals surface area contributed by atoms with Crippen LogP contribution in [-0.2, 0) is 4.79 Å². The Kier molecular flexibility index (Phi) is 4.89. The minimum absolute atomic E-state index is 0.000128. The molecule has 1 unspecified atom stereocenters. The number of methoxy groups -OCH3 is 1. The van der Waals surface area contributed by atoms with Crippen LogP contribution in [0.4, 0.5) is 0 Å². The second-order valence-corrected chi connectivity index (χ2v) is 4.53. The molecule has 1 atom stereocenters. The molecule has 0 aliphatic rings. The van der Waals surface area contributed by atoms with Crippen molar-refractivity contribution in [2.75, 3.05) is 7.11 Å². The van der Waals surface area contributed by atoms with Gasteiger partial charge in [-0.05, 0) is 25.0 Å². The zero-order chi connectivity index (χ0) is 13.7. The first-order valence-corrected chi connectivity index (χ1v) is 5.83. The summed E-state index contributed by atoms with van der Waals surface area (Å²) in [4.78, 5) is 22.7. The summed E-state index contributed by atoms with van der Waals surface area (Å²) in [6.07, 6.45) is 0.214. The third-order valence-corrected chi connectivity index (χ3v) is 2.71. The number of Topliss-reactive ketones (excluding diaryl/α,β-unsaturated/α-hetero) is 1. The van der Waals surface area contributed by atoms with Crippen LogP contribution in [0.1, 0.15) is 35.7 Å². The van der Waals surface area contributed by atoms with E-state index in [0.717, 1.165) is 5.56 Å². The highest BCUT2D eigenvalue weighted by Gasteiger charge is 2.17. The Balaban J connectivity index is 2.83. The van der Waals surface area contributed by atoms with Gasteiger partial charge in [0.2, 0.25) is 0 Å². The van der Waals surface area contributed by atoms with E-state index in [1.165, 1.54) is 7.11 Å². The van der Waals surface area contributed by atoms with Crippen LogP contribution in [0.3, 0.4) is 0 Å². The van der Waals surface area contributed by atoms with Crippen LogP contribution in [-0.4, -0.2) is 24.0 Å². The van der Waals surface area contributed by atoms with Gasteiger partial charge in [-0.2, -0.15) is 0 Å². The van der Waals surface area contributed by atoms with Gasteiger partial charge in [0.1, 0.15) is 5.75 Å². The molecular weight excluding hydrogens is 232 g/mol. The zero-order valence-electron chi connectivity index (χ0n) is 10.9. The maximum absolute atomic E-state index is 12.1. The summed E-state index contributed by atoms with van der Waals surface area (Å²) >= 11 is 0. The third kappa shape index (κ3) is 3.87. The molecule has 0 spiro atoms. The van der Waals surface area contributed by atoms with Crippen LogP contribution in [0.25, 0.3) is 0 Å². The van der Waals surface area contributed by atoms with Crippen LogP contribution in [0.15, 0.2) is 18.2 Å². The van der Waals surface area contributed by atoms with Gasteiger partial charge in [-0.25, -0.2) is 0 Å². The maximum atomic E-state index is 12.1. The molecule has 0 radical (unpaired) electrons. The molecule has 0 saturated carbocycles. The average molecular weight is 250 g/mol. The fraction of sp³-hybridized carbons (Fsp3) is 0.429. The fourth-order valence-corrected chi connectivity index (χ4v) is 1.84. The van der Waals surface area contributed by atoms with Crippen molar-refractivity contribution >= 4 is 11.8 Å². The summed E-state index contributed by atoms with van der Waals surface area (Å²) in [5.41, 5.74) is 1.50. The van der Waals surface area contributed by atoms with E-state index in [4.69, 9.17) is 9.84 Å². The summed E-state index contributed by atoms with van der Waals surface area (Å²) in [5, 5.41) is 8.68. The first-order valence-electron chi connectivity index (χ1n) is 5.83. The molecule has 1 N–H and O–H groups in total. The molecule has 0 aromatic heterocycles. The number of aliphatic carboxylic acids is 1. The van der Waals surface area contributed by atoms with Crippen LogP contribution in [0.2, 0.25) is 0 Å². The van der Waals surface area contributed by atoms with Crippen LogP contribution >= 0.6 is 0 Å². The Morgan fingerprint density at radius 2 is 2.00 bits per heavy atom. The van der Waals surface area contributed by atoms with E-state index >= 15 is 0 Å². The average Bonchev–Trinajstić information content (AvgIpc) is 2.27. The predicted molar refractivity (Wildman–Crippen MR) is 68.1 cm³/mol. The molecule has 1 rings (SSSR count). The largest absolute Gasteiger partial charge is 0.496 e. The van der Waals surface area contributed by atoms with Crippen molar-refractivity contribution in [3.8, 4) is 5.75 Å². The topological polar surface area (TPSA) is 63.6 Å². The van der Waals surface area contributed by atoms with Gasteiger partial charge in [-0.1, -0.05) is 18.6 Å². The molecule has 0 saturated heterocycles. The standard InChI is InChI=1S/C14H18O4/c1-9-4-5-13(18-3)11(6-9)12(15)7-10(2)8-14(16)17/h4-6,10H,7-8H2,1-3H3,(H,16,17). The van der Waals surface area contributed by atoms with Crippen molar-refractivity contribution in [2.45, 2.75) is 26.7 Å². The van der Waals surface area contributed by atoms with Crippen molar-refractivity contribution < 1.29 is 19.4 Å². The van der Waals surface area contributed by atoms with E-state index in [9.17, 15) is 9.59 Å². The van der Waals surface area contributed by atoms with Crippen molar-refractivity contribution in [3.05, 3.63) is 29.3 Å². The highest BCUT2D eigenvalue weighted by Crippen LogP contribution is 2.23. The summed E-state index contributed by atoms with van der Waals surface area (Å²) in [6.45, 7) is 3.66. The second kappa shape index (κ2) is 6.19. The highest BCUT2D eigenvalue weighted by atomic mass is 16.5. The van der Waals surface area contributed by atoms with Gasteiger partial charge in [0, 0.05) is 12.8 Å². The Morgan fingerprint density at radius 3 is 2.56 bits per heavy atom. The molecule has 98 valence electrons. The van der Waals surface area contributed by atoms with E-state index in [0.29, 0.717) is 11.3 Å². The molecule has 0 bridgehead atoms. The number of hydrogen-bond acceptors (Lipinski definition) is 3. The maximum Gasteiger partial charge on any atom is 0.303 e. The molecule has 0 aliphatic carbocycles. The van der Waals surface area contributed by atoms with E-state index in [-0.39, 0.29) is 24.5 Å². The summed E-state index contributed by atoms with van der Waals surface area (Å²) < 4.78 is 5.15. The number of aryl methyl sites for hydroxylation is 1. The van der Waals surface area contributed by atoms with E-state index in [1.54, 1.807) is 19.1 Å². The number of ether oxygens (including phenoxy) is 1. The van der Waals surface area contributed by atoms with Crippen molar-refractivity contribution in [3.63, 3.8) is 0 Å². The van der Waals surface area contributed by atoms with Gasteiger partial charge < -0.3 is 9.84 Å². The lowest BCUT2D eigenvalue weighted by Crippen LogP contribution is -2.11. The highest BCUT2D eigenvalue weighted by molar-refractivity contribution is 5.99. The van der Waals surface area contributed by atoms with Gasteiger partial charge in [0.05, 0.1) is 12.7 Å². The molecule has 1 aromatic carbocycles. The van der Waals surface area contributed by atoms with Gasteiger partial charge >= 0.3 is 5.97 Å². The Bertz CT molecular complexity index is 451. The minimum atomic E-state index is -0.883. The van der Waals surface area contributed by atoms with Crippen LogP contribution in [0, 0.1) is 12.8 Å². The number of rotatable bonds is 6. The van der Waals surface area contributed by atoms with Crippen molar-refractivity contribution in [2.24, 2.45) is 5.92 Å². The number of ketones is 1. The number of carboxylic acids is 1. The van der Waals surface area contributed by atoms with E-state index in [1.807, 2.05) is 13.0 Å². The van der Waals surface area contributed by atoms with E-state index < -0.39 is 5.97 Å². The molecule has 0 amide bonds. The molecule has 4 nitrogen and oxygen atoms in total. The number of benzene rings is 1. The summed E-state index contributed by atoms with van der Waals surface area (Å²) in [6, 6.07) is 5.40. The van der Waals surface area contributed by atoms with Crippen LogP contribution < -0.4 is 4.74 Å². The third-order valence-electron chi connectivity index (χ3n) is 2.71. The fourth-order valence-electron chi connectivity index (χ4n) is 1.84. The Morgan fingerprint density at radius 1 is 1.33 bits per heavy atom. The zero-order valence-corrected chi connectivity index (χ0v) is 10.9. The van der Waals surface area contributed by atoms with E-state index in [2.05, 4.69) is 0 Å². The summed E-state index contributed by atoms with van der Waals surface area (Å²) in [7, 11) is 1.52. The van der Waals surface area contributed by atoms with Gasteiger partial charge in [-0.3, -0.25) is 9.59 Å². The number of carbonyl (C=O) groups is 2. The molecular formula is C14H18O4. The Hall–Kier alpha value is -1.84. The molecule has 4 heteroatoms.